The molecule has 1 aliphatic rings. The van der Waals surface area contributed by atoms with E-state index in [9.17, 15) is 0 Å². The van der Waals surface area contributed by atoms with Crippen LogP contribution in [0.4, 0.5) is 0 Å². The Labute approximate surface area is 95.4 Å². The van der Waals surface area contributed by atoms with Gasteiger partial charge in [0.15, 0.2) is 0 Å². The standard InChI is InChI=1S/C9H18N.ClH.Zn/c1-8-6-5-7-10(4)9(8,2)3;;/h7-8H,5-6H2,1-4H3;1H;/q-1;;. The van der Waals surface area contributed by atoms with E-state index in [1.807, 2.05) is 0 Å². The van der Waals surface area contributed by atoms with Crippen LogP contribution in [0.1, 0.15) is 33.6 Å². The van der Waals surface area contributed by atoms with Crippen molar-refractivity contribution in [3.63, 3.8) is 0 Å². The second-order valence-corrected chi connectivity index (χ2v) is 3.93. The Morgan fingerprint density at radius 1 is 1.42 bits per heavy atom. The van der Waals surface area contributed by atoms with Gasteiger partial charge in [0.1, 0.15) is 0 Å². The molecular formula is C9H19ClNZn-. The summed E-state index contributed by atoms with van der Waals surface area (Å²) in [6, 6.07) is 0. The minimum atomic E-state index is 0. The van der Waals surface area contributed by atoms with Gasteiger partial charge in [-0.2, -0.15) is 6.42 Å². The van der Waals surface area contributed by atoms with Crippen molar-refractivity contribution in [2.24, 2.45) is 5.92 Å². The Hall–Kier alpha value is 0.873. The Morgan fingerprint density at radius 2 is 1.92 bits per heavy atom. The summed E-state index contributed by atoms with van der Waals surface area (Å²) in [6.07, 6.45) is 2.60. The van der Waals surface area contributed by atoms with Crippen LogP contribution in [0.2, 0.25) is 0 Å². The molecule has 0 aromatic heterocycles. The van der Waals surface area contributed by atoms with Crippen LogP contribution in [-0.2, 0) is 19.5 Å². The number of rotatable bonds is 0. The molecule has 0 aliphatic carbocycles. The predicted molar refractivity (Wildman–Crippen MR) is 51.8 cm³/mol. The van der Waals surface area contributed by atoms with E-state index in [1.54, 1.807) is 0 Å². The average Bonchev–Trinajstić information content (AvgIpc) is 1.84. The van der Waals surface area contributed by atoms with E-state index in [-0.39, 0.29) is 31.9 Å². The van der Waals surface area contributed by atoms with Gasteiger partial charge in [-0.1, -0.05) is 13.3 Å². The number of likely N-dealkylation sites (tertiary alicyclic amines) is 1. The Bertz CT molecular complexity index is 116. The maximum absolute atomic E-state index is 2.35. The van der Waals surface area contributed by atoms with Crippen molar-refractivity contribution in [2.75, 3.05) is 7.05 Å². The van der Waals surface area contributed by atoms with Crippen LogP contribution in [0.15, 0.2) is 0 Å². The minimum Gasteiger partial charge on any atom is -0.454 e. The van der Waals surface area contributed by atoms with Gasteiger partial charge in [0.25, 0.3) is 0 Å². The van der Waals surface area contributed by atoms with E-state index in [0.29, 0.717) is 5.54 Å². The largest absolute Gasteiger partial charge is 0.454 e. The first-order chi connectivity index (χ1) is 4.55. The predicted octanol–water partition coefficient (Wildman–Crippen LogP) is 2.71. The maximum atomic E-state index is 2.35. The van der Waals surface area contributed by atoms with Gasteiger partial charge in [-0.3, -0.25) is 6.54 Å². The summed E-state index contributed by atoms with van der Waals surface area (Å²) < 4.78 is 0. The molecule has 0 spiro atoms. The zero-order valence-corrected chi connectivity index (χ0v) is 12.4. The molecular weight excluding hydrogens is 223 g/mol. The van der Waals surface area contributed by atoms with Crippen LogP contribution >= 0.6 is 12.4 Å². The van der Waals surface area contributed by atoms with Gasteiger partial charge >= 0.3 is 0 Å². The molecule has 1 rings (SSSR count). The van der Waals surface area contributed by atoms with Crippen LogP contribution in [-0.4, -0.2) is 17.5 Å². The number of piperidine rings is 1. The van der Waals surface area contributed by atoms with Crippen molar-refractivity contribution in [3.8, 4) is 0 Å². The number of halogens is 1. The first kappa shape index (κ1) is 15.4. The van der Waals surface area contributed by atoms with Gasteiger partial charge in [-0.15, -0.1) is 12.4 Å². The van der Waals surface area contributed by atoms with Gasteiger partial charge in [0.05, 0.1) is 0 Å². The third-order valence-corrected chi connectivity index (χ3v) is 3.12. The van der Waals surface area contributed by atoms with E-state index in [1.165, 1.54) is 12.8 Å². The summed E-state index contributed by atoms with van der Waals surface area (Å²) in [6.45, 7) is 9.27. The molecule has 1 atom stereocenters. The Morgan fingerprint density at radius 3 is 2.25 bits per heavy atom. The third-order valence-electron chi connectivity index (χ3n) is 3.12. The summed E-state index contributed by atoms with van der Waals surface area (Å²) in [5.74, 6) is 0.822. The second kappa shape index (κ2) is 5.57. The third kappa shape index (κ3) is 2.98. The molecule has 1 heterocycles. The van der Waals surface area contributed by atoms with Gasteiger partial charge in [0, 0.05) is 19.5 Å². The smallest absolute Gasteiger partial charge is 0 e. The number of hydrogen-bond donors (Lipinski definition) is 0. The van der Waals surface area contributed by atoms with Crippen molar-refractivity contribution in [1.82, 2.24) is 4.90 Å². The zero-order valence-electron chi connectivity index (χ0n) is 8.63. The van der Waals surface area contributed by atoms with E-state index in [4.69, 9.17) is 0 Å². The molecule has 3 heteroatoms. The first-order valence-corrected chi connectivity index (χ1v) is 4.11. The topological polar surface area (TPSA) is 3.24 Å². The van der Waals surface area contributed by atoms with Crippen molar-refractivity contribution in [3.05, 3.63) is 6.54 Å². The molecule has 0 aromatic rings. The quantitative estimate of drug-likeness (QED) is 0.466. The summed E-state index contributed by atoms with van der Waals surface area (Å²) >= 11 is 0. The van der Waals surface area contributed by atoms with Crippen LogP contribution in [0.5, 0.6) is 0 Å². The molecule has 0 radical (unpaired) electrons. The molecule has 12 heavy (non-hydrogen) atoms. The van der Waals surface area contributed by atoms with E-state index in [0.717, 1.165) is 5.92 Å². The SMILES string of the molecule is CC1CC[CH-]N(C)C1(C)C.Cl.[Zn]. The van der Waals surface area contributed by atoms with Crippen molar-refractivity contribution in [1.29, 1.82) is 0 Å². The number of nitrogens with zero attached hydrogens (tertiary/aromatic N) is 1. The van der Waals surface area contributed by atoms with Crippen LogP contribution in [0, 0.1) is 12.5 Å². The minimum absolute atomic E-state index is 0. The van der Waals surface area contributed by atoms with E-state index >= 15 is 0 Å². The van der Waals surface area contributed by atoms with Gasteiger partial charge < -0.3 is 4.90 Å². The van der Waals surface area contributed by atoms with Crippen molar-refractivity contribution < 1.29 is 19.5 Å². The fourth-order valence-corrected chi connectivity index (χ4v) is 1.45. The summed E-state index contributed by atoms with van der Waals surface area (Å²) in [4.78, 5) is 2.35. The van der Waals surface area contributed by atoms with Crippen molar-refractivity contribution in [2.45, 2.75) is 39.2 Å². The molecule has 1 saturated heterocycles. The van der Waals surface area contributed by atoms with E-state index < -0.39 is 0 Å². The molecule has 0 bridgehead atoms. The van der Waals surface area contributed by atoms with Gasteiger partial charge in [0.2, 0.25) is 0 Å². The average molecular weight is 242 g/mol. The fraction of sp³-hybridized carbons (Fsp3) is 0.889. The zero-order chi connectivity index (χ0) is 7.78. The Kier molecular flexibility index (Phi) is 7.13. The molecule has 0 aromatic carbocycles. The van der Waals surface area contributed by atoms with Gasteiger partial charge in [-0.25, -0.2) is 0 Å². The van der Waals surface area contributed by atoms with Crippen LogP contribution in [0.25, 0.3) is 0 Å². The maximum Gasteiger partial charge on any atom is 0 e. The second-order valence-electron chi connectivity index (χ2n) is 3.93. The molecule has 0 saturated carbocycles. The molecule has 1 unspecified atom stereocenters. The molecule has 1 fully saturated rings. The van der Waals surface area contributed by atoms with Crippen molar-refractivity contribution >= 4 is 12.4 Å². The molecule has 0 amide bonds. The Balaban J connectivity index is 0. The first-order valence-electron chi connectivity index (χ1n) is 4.11. The fourth-order valence-electron chi connectivity index (χ4n) is 1.45. The molecule has 70 valence electrons. The molecule has 0 N–H and O–H groups in total. The monoisotopic (exact) mass is 240 g/mol. The summed E-state index contributed by atoms with van der Waals surface area (Å²) in [5.41, 5.74) is 0.373. The summed E-state index contributed by atoms with van der Waals surface area (Å²) in [7, 11) is 2.18. The van der Waals surface area contributed by atoms with Crippen LogP contribution in [0.3, 0.4) is 0 Å². The van der Waals surface area contributed by atoms with E-state index in [2.05, 4.69) is 39.3 Å². The summed E-state index contributed by atoms with van der Waals surface area (Å²) in [5, 5.41) is 0. The normalized spacial score (nSPS) is 28.5. The molecule has 1 aliphatic heterocycles. The van der Waals surface area contributed by atoms with Gasteiger partial charge in [-0.05, 0) is 32.4 Å². The molecule has 1 nitrogen and oxygen atoms in total. The number of hydrogen-bond acceptors (Lipinski definition) is 1. The van der Waals surface area contributed by atoms with Crippen LogP contribution < -0.4 is 0 Å².